The van der Waals surface area contributed by atoms with Crippen LogP contribution in [0.2, 0.25) is 0 Å². The van der Waals surface area contributed by atoms with Crippen LogP contribution in [-0.4, -0.2) is 60.7 Å². The molecule has 7 N–H and O–H groups in total. The van der Waals surface area contributed by atoms with Crippen LogP contribution in [-0.2, 0) is 13.6 Å². The second kappa shape index (κ2) is 24.5. The number of hydrogen-bond donors (Lipinski definition) is 7. The first kappa shape index (κ1) is 41.0. The molecule has 0 unspecified atom stereocenters. The quantitative estimate of drug-likeness (QED) is 0.0397. The Labute approximate surface area is 237 Å². The second-order valence-electron chi connectivity index (χ2n) is 11.4. The molecule has 0 bridgehead atoms. The molecule has 0 aliphatic rings. The van der Waals surface area contributed by atoms with Gasteiger partial charge in [0.1, 0.15) is 0 Å². The summed E-state index contributed by atoms with van der Waals surface area (Å²) >= 11 is 0. The third kappa shape index (κ3) is 32.2. The minimum Gasteiger partial charge on any atom is -0.337 e. The van der Waals surface area contributed by atoms with E-state index in [1.165, 1.54) is 89.9 Å². The summed E-state index contributed by atoms with van der Waals surface area (Å²) in [7, 11) is -3.86. The molecule has 10 nitrogen and oxygen atoms in total. The fraction of sp³-hybridized carbons (Fsp3) is 1.00. The van der Waals surface area contributed by atoms with Crippen molar-refractivity contribution in [2.45, 2.75) is 155 Å². The Kier molecular flexibility index (Phi) is 25.7. The van der Waals surface area contributed by atoms with Crippen molar-refractivity contribution in [2.75, 3.05) is 13.2 Å². The Morgan fingerprint density at radius 3 is 0.949 bits per heavy atom. The van der Waals surface area contributed by atoms with Crippen molar-refractivity contribution in [2.24, 2.45) is 11.8 Å². The van der Waals surface area contributed by atoms with E-state index in [4.69, 9.17) is 39.7 Å². The lowest BCUT2D eigenvalue weighted by atomic mass is 10.0. The van der Waals surface area contributed by atoms with Gasteiger partial charge in [-0.3, -0.25) is 9.05 Å². The van der Waals surface area contributed by atoms with Gasteiger partial charge in [-0.15, -0.1) is 0 Å². The molecule has 0 saturated heterocycles. The molecule has 11 heteroatoms. The van der Waals surface area contributed by atoms with Gasteiger partial charge in [0.05, 0.1) is 13.2 Å². The molecule has 0 fully saturated rings. The van der Waals surface area contributed by atoms with Crippen LogP contribution in [0, 0.1) is 11.8 Å². The molecule has 0 atom stereocenters. The molecule has 0 aliphatic carbocycles. The molecule has 0 heterocycles. The lowest BCUT2D eigenvalue weighted by molar-refractivity contribution is -0.512. The highest BCUT2D eigenvalue weighted by Gasteiger charge is 2.44. The standard InChI is InChI=1S/C26H55O4P.C2H6O6/c1-25(2)21-17-13-9-5-7-11-15-19-23-29-31(27,28)30-24-20-16-12-8-6-10-14-18-22-26(3)4;3-1(4,5)2(6,7)8/h25-26H,5-24H2,1-4H3,(H,27,28);3-8H. The minimum absolute atomic E-state index is 0.318. The molecule has 0 aromatic rings. The van der Waals surface area contributed by atoms with Crippen LogP contribution in [0.3, 0.4) is 0 Å². The first-order chi connectivity index (χ1) is 18.1. The van der Waals surface area contributed by atoms with Gasteiger partial charge in [0.2, 0.25) is 0 Å². The van der Waals surface area contributed by atoms with Crippen molar-refractivity contribution in [3.63, 3.8) is 0 Å². The summed E-state index contributed by atoms with van der Waals surface area (Å²) in [5, 5.41) is 46.3. The zero-order valence-electron chi connectivity index (χ0n) is 25.1. The van der Waals surface area contributed by atoms with Crippen LogP contribution in [0.25, 0.3) is 0 Å². The number of aliphatic hydroxyl groups is 6. The number of hydrogen-bond acceptors (Lipinski definition) is 9. The van der Waals surface area contributed by atoms with Crippen molar-refractivity contribution >= 4 is 7.82 Å². The van der Waals surface area contributed by atoms with E-state index in [-0.39, 0.29) is 0 Å². The maximum Gasteiger partial charge on any atom is 0.472 e. The number of phosphoric ester groups is 1. The summed E-state index contributed by atoms with van der Waals surface area (Å²) in [6.45, 7) is 9.79. The molecule has 0 saturated carbocycles. The van der Waals surface area contributed by atoms with Crippen molar-refractivity contribution in [3.8, 4) is 0 Å². The average molecular weight is 589 g/mol. The van der Waals surface area contributed by atoms with E-state index in [1.807, 2.05) is 0 Å². The van der Waals surface area contributed by atoms with Crippen LogP contribution >= 0.6 is 7.82 Å². The van der Waals surface area contributed by atoms with Gasteiger partial charge in [0.15, 0.2) is 0 Å². The smallest absolute Gasteiger partial charge is 0.337 e. The van der Waals surface area contributed by atoms with Crippen LogP contribution in [0.15, 0.2) is 0 Å². The maximum atomic E-state index is 11.9. The van der Waals surface area contributed by atoms with Crippen molar-refractivity contribution in [1.29, 1.82) is 0 Å². The lowest BCUT2D eigenvalue weighted by Gasteiger charge is -2.23. The van der Waals surface area contributed by atoms with Gasteiger partial charge in [-0.2, -0.15) is 0 Å². The van der Waals surface area contributed by atoms with Gasteiger partial charge in [0, 0.05) is 0 Å². The molecule has 238 valence electrons. The predicted molar refractivity (Wildman–Crippen MR) is 153 cm³/mol. The number of rotatable bonds is 25. The summed E-state index contributed by atoms with van der Waals surface area (Å²) in [5.74, 6) is -6.14. The monoisotopic (exact) mass is 588 g/mol. The molecular weight excluding hydrogens is 527 g/mol. The topological polar surface area (TPSA) is 177 Å². The Balaban J connectivity index is 0. The van der Waals surface area contributed by atoms with Crippen LogP contribution in [0.5, 0.6) is 0 Å². The summed E-state index contributed by atoms with van der Waals surface area (Å²) in [6, 6.07) is 0. The Hall–Kier alpha value is -0.130. The zero-order valence-corrected chi connectivity index (χ0v) is 26.0. The van der Waals surface area contributed by atoms with E-state index in [0.717, 1.165) is 37.5 Å². The van der Waals surface area contributed by atoms with E-state index in [2.05, 4.69) is 27.7 Å². The molecule has 0 aromatic carbocycles. The highest BCUT2D eigenvalue weighted by molar-refractivity contribution is 7.47. The summed E-state index contributed by atoms with van der Waals surface area (Å²) < 4.78 is 22.1. The third-order valence-corrected chi connectivity index (χ3v) is 7.33. The summed E-state index contributed by atoms with van der Waals surface area (Å²) in [6.07, 6.45) is 22.0. The SMILES string of the molecule is CC(C)CCCCCCCCCCOP(=O)(O)OCCCCCCCCCCC(C)C.OC(O)(O)C(O)(O)O. The van der Waals surface area contributed by atoms with E-state index < -0.39 is 19.8 Å². The zero-order chi connectivity index (χ0) is 30.2. The van der Waals surface area contributed by atoms with Gasteiger partial charge >= 0.3 is 19.8 Å². The van der Waals surface area contributed by atoms with E-state index >= 15 is 0 Å². The maximum absolute atomic E-state index is 11.9. The van der Waals surface area contributed by atoms with Gasteiger partial charge in [0.25, 0.3) is 0 Å². The van der Waals surface area contributed by atoms with Gasteiger partial charge in [-0.05, 0) is 24.7 Å². The fourth-order valence-corrected chi connectivity index (χ4v) is 4.62. The first-order valence-electron chi connectivity index (χ1n) is 15.0. The van der Waals surface area contributed by atoms with Crippen molar-refractivity contribution in [1.82, 2.24) is 0 Å². The average Bonchev–Trinajstić information content (AvgIpc) is 2.79. The fourth-order valence-electron chi connectivity index (χ4n) is 3.83. The van der Waals surface area contributed by atoms with E-state index in [0.29, 0.717) is 13.2 Å². The Morgan fingerprint density at radius 2 is 0.718 bits per heavy atom. The molecule has 0 rings (SSSR count). The molecule has 0 radical (unpaired) electrons. The first-order valence-corrected chi connectivity index (χ1v) is 16.5. The highest BCUT2D eigenvalue weighted by atomic mass is 31.2. The largest absolute Gasteiger partial charge is 0.472 e. The van der Waals surface area contributed by atoms with Gasteiger partial charge in [-0.25, -0.2) is 4.57 Å². The Morgan fingerprint density at radius 1 is 0.487 bits per heavy atom. The van der Waals surface area contributed by atoms with Crippen LogP contribution < -0.4 is 0 Å². The Bertz CT molecular complexity index is 528. The second-order valence-corrected chi connectivity index (χ2v) is 12.9. The molecule has 0 aromatic heterocycles. The van der Waals surface area contributed by atoms with E-state index in [1.54, 1.807) is 0 Å². The highest BCUT2D eigenvalue weighted by Crippen LogP contribution is 2.43. The predicted octanol–water partition coefficient (Wildman–Crippen LogP) is 5.70. The number of unbranched alkanes of at least 4 members (excludes halogenated alkanes) is 14. The minimum atomic E-state index is -3.90. The van der Waals surface area contributed by atoms with E-state index in [9.17, 15) is 9.46 Å². The molecule has 0 spiro atoms. The van der Waals surface area contributed by atoms with Crippen molar-refractivity contribution < 1.29 is 49.1 Å². The normalized spacial score (nSPS) is 12.7. The molecule has 0 aliphatic heterocycles. The van der Waals surface area contributed by atoms with Crippen molar-refractivity contribution in [3.05, 3.63) is 0 Å². The molecular formula is C28H61O10P. The van der Waals surface area contributed by atoms with Crippen LogP contribution in [0.4, 0.5) is 0 Å². The summed E-state index contributed by atoms with van der Waals surface area (Å²) in [4.78, 5) is 9.75. The third-order valence-electron chi connectivity index (χ3n) is 6.31. The van der Waals surface area contributed by atoms with Crippen LogP contribution in [0.1, 0.15) is 143 Å². The number of phosphoric acid groups is 1. The molecule has 0 amide bonds. The lowest BCUT2D eigenvalue weighted by Crippen LogP contribution is -2.54. The molecule has 39 heavy (non-hydrogen) atoms. The van der Waals surface area contributed by atoms with Gasteiger partial charge in [-0.1, -0.05) is 130 Å². The summed E-state index contributed by atoms with van der Waals surface area (Å²) in [5.41, 5.74) is 0. The van der Waals surface area contributed by atoms with Gasteiger partial charge < -0.3 is 35.5 Å².